The predicted octanol–water partition coefficient (Wildman–Crippen LogP) is 25.5. The molecular formula is C77H140O6. The van der Waals surface area contributed by atoms with E-state index in [1.807, 2.05) is 0 Å². The number of ether oxygens (including phenoxy) is 3. The van der Waals surface area contributed by atoms with Gasteiger partial charge in [0.05, 0.1) is 0 Å². The van der Waals surface area contributed by atoms with Crippen molar-refractivity contribution in [1.82, 2.24) is 0 Å². The standard InChI is InChI=1S/C77H140O6/c1-4-7-10-13-16-19-22-25-28-31-34-36-37-38-39-40-42-43-46-49-52-55-58-61-64-67-70-76(79)82-73-74(72-81-75(78)69-66-63-60-57-54-51-48-45-33-30-27-24-21-18-15-12-9-6-3)83-77(80)71-68-65-62-59-56-53-50-47-44-41-35-32-29-26-23-20-17-14-11-8-5-2/h8,11,17,20,26,29,35,41,47,50,74H,4-7,9-10,12-16,18-19,21-25,27-28,30-34,36-40,42-46,48-49,51-73H2,1-3H3/b11-8-,20-17-,29-26-,41-35-,50-47-. The van der Waals surface area contributed by atoms with Gasteiger partial charge in [-0.1, -0.05) is 370 Å². The monoisotopic (exact) mass is 1160 g/mol. The van der Waals surface area contributed by atoms with Gasteiger partial charge in [-0.2, -0.15) is 0 Å². The van der Waals surface area contributed by atoms with Crippen molar-refractivity contribution >= 4 is 17.9 Å². The maximum atomic E-state index is 13.0. The van der Waals surface area contributed by atoms with Gasteiger partial charge in [-0.15, -0.1) is 0 Å². The Morgan fingerprint density at radius 1 is 0.253 bits per heavy atom. The molecule has 0 saturated heterocycles. The normalized spacial score (nSPS) is 12.4. The largest absolute Gasteiger partial charge is 0.462 e. The third-order valence-corrected chi connectivity index (χ3v) is 16.5. The first kappa shape index (κ1) is 80.1. The van der Waals surface area contributed by atoms with Gasteiger partial charge >= 0.3 is 17.9 Å². The van der Waals surface area contributed by atoms with Gasteiger partial charge in [-0.25, -0.2) is 0 Å². The molecule has 0 radical (unpaired) electrons. The van der Waals surface area contributed by atoms with E-state index in [1.165, 1.54) is 244 Å². The second-order valence-corrected chi connectivity index (χ2v) is 24.8. The van der Waals surface area contributed by atoms with E-state index in [2.05, 4.69) is 81.5 Å². The van der Waals surface area contributed by atoms with Crippen molar-refractivity contribution in [2.45, 2.75) is 399 Å². The molecule has 0 aromatic rings. The van der Waals surface area contributed by atoms with E-state index in [0.29, 0.717) is 19.3 Å². The molecule has 6 nitrogen and oxygen atoms in total. The molecule has 0 aliphatic rings. The van der Waals surface area contributed by atoms with Gasteiger partial charge < -0.3 is 14.2 Å². The summed E-state index contributed by atoms with van der Waals surface area (Å²) in [4.78, 5) is 38.5. The van der Waals surface area contributed by atoms with Gasteiger partial charge in [0.25, 0.3) is 0 Å². The van der Waals surface area contributed by atoms with E-state index in [9.17, 15) is 14.4 Å². The van der Waals surface area contributed by atoms with E-state index in [0.717, 1.165) is 109 Å². The highest BCUT2D eigenvalue weighted by Gasteiger charge is 2.19. The van der Waals surface area contributed by atoms with Crippen molar-refractivity contribution in [3.8, 4) is 0 Å². The number of hydrogen-bond donors (Lipinski definition) is 0. The van der Waals surface area contributed by atoms with Crippen LogP contribution in [0.1, 0.15) is 393 Å². The Bertz CT molecular complexity index is 1470. The van der Waals surface area contributed by atoms with Gasteiger partial charge in [0.2, 0.25) is 0 Å². The van der Waals surface area contributed by atoms with Crippen LogP contribution in [-0.2, 0) is 28.6 Å². The minimum atomic E-state index is -0.784. The van der Waals surface area contributed by atoms with E-state index in [1.54, 1.807) is 0 Å². The van der Waals surface area contributed by atoms with E-state index < -0.39 is 6.10 Å². The predicted molar refractivity (Wildman–Crippen MR) is 362 cm³/mol. The first-order valence-electron chi connectivity index (χ1n) is 36.8. The first-order chi connectivity index (χ1) is 41.0. The number of hydrogen-bond acceptors (Lipinski definition) is 6. The number of allylic oxidation sites excluding steroid dienone is 10. The second-order valence-electron chi connectivity index (χ2n) is 24.8. The van der Waals surface area contributed by atoms with Crippen LogP contribution in [0.5, 0.6) is 0 Å². The van der Waals surface area contributed by atoms with Crippen molar-refractivity contribution in [2.75, 3.05) is 13.2 Å². The number of carbonyl (C=O) groups is 3. The molecule has 0 heterocycles. The topological polar surface area (TPSA) is 78.9 Å². The lowest BCUT2D eigenvalue weighted by Crippen LogP contribution is -2.30. The fraction of sp³-hybridized carbons (Fsp3) is 0.831. The summed E-state index contributed by atoms with van der Waals surface area (Å²) in [6.07, 6.45) is 92.6. The van der Waals surface area contributed by atoms with Gasteiger partial charge in [0.15, 0.2) is 6.10 Å². The zero-order chi connectivity index (χ0) is 59.9. The van der Waals surface area contributed by atoms with E-state index in [4.69, 9.17) is 14.2 Å². The Labute approximate surface area is 517 Å². The number of unbranched alkanes of at least 4 members (excludes halogenated alkanes) is 47. The molecule has 0 fully saturated rings. The Hall–Kier alpha value is -2.89. The maximum Gasteiger partial charge on any atom is 0.306 e. The van der Waals surface area contributed by atoms with Gasteiger partial charge in [0, 0.05) is 19.3 Å². The Morgan fingerprint density at radius 3 is 0.735 bits per heavy atom. The Balaban J connectivity index is 4.32. The second kappa shape index (κ2) is 71.6. The zero-order valence-electron chi connectivity index (χ0n) is 55.7. The van der Waals surface area contributed by atoms with Crippen LogP contribution >= 0.6 is 0 Å². The minimum Gasteiger partial charge on any atom is -0.462 e. The van der Waals surface area contributed by atoms with Crippen LogP contribution in [0, 0.1) is 0 Å². The van der Waals surface area contributed by atoms with Crippen LogP contribution in [0.15, 0.2) is 60.8 Å². The Kier molecular flexibility index (Phi) is 69.1. The van der Waals surface area contributed by atoms with Crippen LogP contribution < -0.4 is 0 Å². The molecule has 0 aliphatic carbocycles. The van der Waals surface area contributed by atoms with Crippen LogP contribution in [0.3, 0.4) is 0 Å². The molecule has 1 unspecified atom stereocenters. The van der Waals surface area contributed by atoms with Crippen LogP contribution in [0.25, 0.3) is 0 Å². The van der Waals surface area contributed by atoms with Crippen molar-refractivity contribution in [2.24, 2.45) is 0 Å². The summed E-state index contributed by atoms with van der Waals surface area (Å²) in [6, 6.07) is 0. The summed E-state index contributed by atoms with van der Waals surface area (Å²) in [5.41, 5.74) is 0. The van der Waals surface area contributed by atoms with Gasteiger partial charge in [-0.05, 0) is 64.2 Å². The van der Waals surface area contributed by atoms with Gasteiger partial charge in [0.1, 0.15) is 13.2 Å². The Morgan fingerprint density at radius 2 is 0.470 bits per heavy atom. The molecule has 0 spiro atoms. The van der Waals surface area contributed by atoms with Crippen LogP contribution in [0.4, 0.5) is 0 Å². The summed E-state index contributed by atoms with van der Waals surface area (Å²) >= 11 is 0. The summed E-state index contributed by atoms with van der Waals surface area (Å²) in [5.74, 6) is -0.867. The highest BCUT2D eigenvalue weighted by Crippen LogP contribution is 2.19. The molecular weight excluding hydrogens is 1020 g/mol. The van der Waals surface area contributed by atoms with Crippen LogP contribution in [0.2, 0.25) is 0 Å². The highest BCUT2D eigenvalue weighted by molar-refractivity contribution is 5.71. The molecule has 0 bridgehead atoms. The maximum absolute atomic E-state index is 13.0. The lowest BCUT2D eigenvalue weighted by atomic mass is 10.0. The number of carbonyl (C=O) groups excluding carboxylic acids is 3. The van der Waals surface area contributed by atoms with E-state index >= 15 is 0 Å². The molecule has 83 heavy (non-hydrogen) atoms. The lowest BCUT2D eigenvalue weighted by Gasteiger charge is -2.18. The highest BCUT2D eigenvalue weighted by atomic mass is 16.6. The molecule has 0 amide bonds. The molecule has 1 atom stereocenters. The molecule has 0 aliphatic heterocycles. The molecule has 0 aromatic heterocycles. The van der Waals surface area contributed by atoms with E-state index in [-0.39, 0.29) is 31.1 Å². The number of esters is 3. The minimum absolute atomic E-state index is 0.0771. The third-order valence-electron chi connectivity index (χ3n) is 16.5. The van der Waals surface area contributed by atoms with Crippen molar-refractivity contribution in [3.63, 3.8) is 0 Å². The SMILES string of the molecule is CC/C=C\C/C=C\C/C=C\C/C=C\C/C=C\CCCCCCCC(=O)OC(COC(=O)CCCCCCCCCCCCCCCCCCCC)COC(=O)CCCCCCCCCCCCCCCCCCCCCCCCCCCC. The molecule has 0 N–H and O–H groups in total. The first-order valence-corrected chi connectivity index (χ1v) is 36.8. The summed E-state index contributed by atoms with van der Waals surface area (Å²) in [5, 5.41) is 0. The summed E-state index contributed by atoms with van der Waals surface area (Å²) in [6.45, 7) is 6.59. The third kappa shape index (κ3) is 69.8. The zero-order valence-corrected chi connectivity index (χ0v) is 55.7. The van der Waals surface area contributed by atoms with Crippen molar-refractivity contribution in [3.05, 3.63) is 60.8 Å². The van der Waals surface area contributed by atoms with Crippen LogP contribution in [-0.4, -0.2) is 37.2 Å². The van der Waals surface area contributed by atoms with Crippen molar-refractivity contribution < 1.29 is 28.6 Å². The molecule has 0 saturated carbocycles. The number of rotatable bonds is 68. The quantitative estimate of drug-likeness (QED) is 0.0261. The summed E-state index contributed by atoms with van der Waals surface area (Å²) < 4.78 is 17.0. The molecule has 484 valence electrons. The summed E-state index contributed by atoms with van der Waals surface area (Å²) in [7, 11) is 0. The smallest absolute Gasteiger partial charge is 0.306 e. The molecule has 6 heteroatoms. The lowest BCUT2D eigenvalue weighted by molar-refractivity contribution is -0.167. The average Bonchev–Trinajstić information content (AvgIpc) is 3.50. The van der Waals surface area contributed by atoms with Gasteiger partial charge in [-0.3, -0.25) is 14.4 Å². The fourth-order valence-electron chi connectivity index (χ4n) is 11.1. The fourth-order valence-corrected chi connectivity index (χ4v) is 11.1. The molecule has 0 aromatic carbocycles. The van der Waals surface area contributed by atoms with Crippen molar-refractivity contribution in [1.29, 1.82) is 0 Å². The molecule has 0 rings (SSSR count). The average molecular weight is 1160 g/mol.